The zero-order valence-electron chi connectivity index (χ0n) is 20.1. The molecule has 0 spiro atoms. The highest BCUT2D eigenvalue weighted by molar-refractivity contribution is 5.75. The number of benzene rings is 2. The van der Waals surface area contributed by atoms with Crippen molar-refractivity contribution in [3.63, 3.8) is 0 Å². The zero-order valence-corrected chi connectivity index (χ0v) is 20.1. The first kappa shape index (κ1) is 22.9. The number of ether oxygens (including phenoxy) is 1. The van der Waals surface area contributed by atoms with Crippen LogP contribution in [0.1, 0.15) is 88.0 Å². The highest BCUT2D eigenvalue weighted by atomic mass is 16.5. The van der Waals surface area contributed by atoms with Crippen LogP contribution < -0.4 is 4.74 Å². The molecule has 3 atom stereocenters. The lowest BCUT2D eigenvalue weighted by atomic mass is 9.49. The highest BCUT2D eigenvalue weighted by Crippen LogP contribution is 2.58. The standard InChI is InChI=1S/C29H38O3/c1-20(2)23-18-22-13-14-26-28(3,15-9-16-29(26,4)27(30)31)24(22)19-25(23)32-17-8-12-21-10-6-5-7-11-21/h5-7,10-11,18-20,26H,8-9,12-17H2,1-4H3,(H,30,31)/t26-,28-,29-/m1/s1. The molecule has 1 fully saturated rings. The summed E-state index contributed by atoms with van der Waals surface area (Å²) in [6, 6.07) is 15.2. The van der Waals surface area contributed by atoms with Crippen LogP contribution in [0.3, 0.4) is 0 Å². The number of aliphatic carboxylic acids is 1. The Morgan fingerprint density at radius 2 is 1.91 bits per heavy atom. The Bertz CT molecular complexity index is 964. The van der Waals surface area contributed by atoms with Gasteiger partial charge in [0.05, 0.1) is 12.0 Å². The van der Waals surface area contributed by atoms with Crippen molar-refractivity contribution in [1.29, 1.82) is 0 Å². The number of carboxylic acid groups (broad SMARTS) is 1. The largest absolute Gasteiger partial charge is 0.493 e. The van der Waals surface area contributed by atoms with Gasteiger partial charge in [0.1, 0.15) is 5.75 Å². The molecule has 0 aliphatic heterocycles. The van der Waals surface area contributed by atoms with E-state index < -0.39 is 11.4 Å². The fourth-order valence-electron chi connectivity index (χ4n) is 6.45. The SMILES string of the molecule is CC(C)c1cc2c(cc1OCCCc1ccccc1)[C@@]1(C)CCC[C@@](C)(C(=O)O)[C@@H]1CC2. The maximum Gasteiger partial charge on any atom is 0.309 e. The Kier molecular flexibility index (Phi) is 6.38. The number of fused-ring (bicyclic) bond motifs is 3. The molecule has 3 heteroatoms. The van der Waals surface area contributed by atoms with Crippen LogP contribution >= 0.6 is 0 Å². The molecule has 1 N–H and O–H groups in total. The fraction of sp³-hybridized carbons (Fsp3) is 0.552. The number of hydrogen-bond donors (Lipinski definition) is 1. The van der Waals surface area contributed by atoms with Crippen LogP contribution in [-0.4, -0.2) is 17.7 Å². The van der Waals surface area contributed by atoms with Crippen molar-refractivity contribution in [3.05, 3.63) is 64.7 Å². The molecule has 0 amide bonds. The van der Waals surface area contributed by atoms with Gasteiger partial charge in [-0.3, -0.25) is 4.79 Å². The molecule has 2 aliphatic carbocycles. The molecule has 32 heavy (non-hydrogen) atoms. The smallest absolute Gasteiger partial charge is 0.309 e. The lowest BCUT2D eigenvalue weighted by molar-refractivity contribution is -0.157. The van der Waals surface area contributed by atoms with Crippen molar-refractivity contribution >= 4 is 5.97 Å². The van der Waals surface area contributed by atoms with Gasteiger partial charge in [-0.05, 0) is 91.0 Å². The third-order valence-electron chi connectivity index (χ3n) is 8.30. The average Bonchev–Trinajstić information content (AvgIpc) is 2.77. The molecule has 0 radical (unpaired) electrons. The number of rotatable bonds is 7. The van der Waals surface area contributed by atoms with E-state index in [0.717, 1.165) is 50.7 Å². The van der Waals surface area contributed by atoms with Gasteiger partial charge in [0, 0.05) is 0 Å². The molecule has 0 unspecified atom stereocenters. The molecule has 0 bridgehead atoms. The van der Waals surface area contributed by atoms with Gasteiger partial charge in [-0.2, -0.15) is 0 Å². The van der Waals surface area contributed by atoms with E-state index in [4.69, 9.17) is 4.74 Å². The minimum absolute atomic E-state index is 0.101. The normalized spacial score (nSPS) is 27.0. The third-order valence-corrected chi connectivity index (χ3v) is 8.30. The molecule has 172 valence electrons. The topological polar surface area (TPSA) is 46.5 Å². The second-order valence-corrected chi connectivity index (χ2v) is 10.7. The molecule has 2 aromatic carbocycles. The lowest BCUT2D eigenvalue weighted by Crippen LogP contribution is -2.52. The molecule has 2 aliphatic rings. The predicted octanol–water partition coefficient (Wildman–Crippen LogP) is 6.92. The molecule has 3 nitrogen and oxygen atoms in total. The van der Waals surface area contributed by atoms with Gasteiger partial charge in [0.25, 0.3) is 0 Å². The predicted molar refractivity (Wildman–Crippen MR) is 130 cm³/mol. The number of hydrogen-bond acceptors (Lipinski definition) is 2. The van der Waals surface area contributed by atoms with Crippen LogP contribution in [0.25, 0.3) is 0 Å². The lowest BCUT2D eigenvalue weighted by Gasteiger charge is -2.53. The van der Waals surface area contributed by atoms with E-state index in [1.165, 1.54) is 22.3 Å². The highest BCUT2D eigenvalue weighted by Gasteiger charge is 2.55. The van der Waals surface area contributed by atoms with Crippen LogP contribution in [0.4, 0.5) is 0 Å². The maximum absolute atomic E-state index is 12.3. The first-order valence-corrected chi connectivity index (χ1v) is 12.3. The summed E-state index contributed by atoms with van der Waals surface area (Å²) in [5.74, 6) is 0.930. The van der Waals surface area contributed by atoms with Crippen molar-refractivity contribution in [3.8, 4) is 5.75 Å². The van der Waals surface area contributed by atoms with Crippen molar-refractivity contribution in [2.24, 2.45) is 11.3 Å². The van der Waals surface area contributed by atoms with Gasteiger partial charge in [0.2, 0.25) is 0 Å². The van der Waals surface area contributed by atoms with Crippen molar-refractivity contribution in [1.82, 2.24) is 0 Å². The van der Waals surface area contributed by atoms with Gasteiger partial charge in [-0.1, -0.05) is 63.6 Å². The number of carboxylic acids is 1. The van der Waals surface area contributed by atoms with E-state index in [1.807, 2.05) is 6.92 Å². The first-order chi connectivity index (χ1) is 15.3. The Hall–Kier alpha value is -2.29. The van der Waals surface area contributed by atoms with Gasteiger partial charge in [0.15, 0.2) is 0 Å². The van der Waals surface area contributed by atoms with Gasteiger partial charge >= 0.3 is 5.97 Å². The van der Waals surface area contributed by atoms with Crippen LogP contribution in [0, 0.1) is 11.3 Å². The number of aryl methyl sites for hydroxylation is 2. The average molecular weight is 435 g/mol. The molecule has 1 saturated carbocycles. The van der Waals surface area contributed by atoms with Gasteiger partial charge in [-0.25, -0.2) is 0 Å². The second-order valence-electron chi connectivity index (χ2n) is 10.7. The van der Waals surface area contributed by atoms with E-state index in [-0.39, 0.29) is 11.3 Å². The Balaban J connectivity index is 1.60. The fourth-order valence-corrected chi connectivity index (χ4v) is 6.45. The summed E-state index contributed by atoms with van der Waals surface area (Å²) in [7, 11) is 0. The molecular formula is C29H38O3. The van der Waals surface area contributed by atoms with E-state index in [9.17, 15) is 9.90 Å². The van der Waals surface area contributed by atoms with Crippen LogP contribution in [0.2, 0.25) is 0 Å². The quantitative estimate of drug-likeness (QED) is 0.481. The summed E-state index contributed by atoms with van der Waals surface area (Å²) >= 11 is 0. The Morgan fingerprint density at radius 1 is 1.16 bits per heavy atom. The minimum Gasteiger partial charge on any atom is -0.493 e. The zero-order chi connectivity index (χ0) is 22.9. The summed E-state index contributed by atoms with van der Waals surface area (Å²) in [5.41, 5.74) is 4.62. The monoisotopic (exact) mass is 434 g/mol. The molecular weight excluding hydrogens is 396 g/mol. The summed E-state index contributed by atoms with van der Waals surface area (Å²) in [6.45, 7) is 9.44. The van der Waals surface area contributed by atoms with Crippen molar-refractivity contribution in [2.75, 3.05) is 6.61 Å². The maximum atomic E-state index is 12.3. The van der Waals surface area contributed by atoms with Crippen LogP contribution in [0.15, 0.2) is 42.5 Å². The molecule has 0 heterocycles. The minimum atomic E-state index is -0.641. The third kappa shape index (κ3) is 4.07. The van der Waals surface area contributed by atoms with Crippen LogP contribution in [0.5, 0.6) is 5.75 Å². The second kappa shape index (κ2) is 8.92. The van der Waals surface area contributed by atoms with Gasteiger partial charge < -0.3 is 9.84 Å². The summed E-state index contributed by atoms with van der Waals surface area (Å²) < 4.78 is 6.39. The number of carbonyl (C=O) groups is 1. The molecule has 2 aromatic rings. The van der Waals surface area contributed by atoms with Crippen molar-refractivity contribution in [2.45, 2.75) is 84.0 Å². The Morgan fingerprint density at radius 3 is 2.59 bits per heavy atom. The molecule has 0 saturated heterocycles. The summed E-state index contributed by atoms with van der Waals surface area (Å²) in [5, 5.41) is 10.1. The van der Waals surface area contributed by atoms with E-state index in [0.29, 0.717) is 12.5 Å². The van der Waals surface area contributed by atoms with E-state index in [1.54, 1.807) is 0 Å². The van der Waals surface area contributed by atoms with E-state index in [2.05, 4.69) is 63.2 Å². The summed E-state index contributed by atoms with van der Waals surface area (Å²) in [4.78, 5) is 12.3. The van der Waals surface area contributed by atoms with Gasteiger partial charge in [-0.15, -0.1) is 0 Å². The van der Waals surface area contributed by atoms with Crippen molar-refractivity contribution < 1.29 is 14.6 Å². The Labute approximate surface area is 193 Å². The first-order valence-electron chi connectivity index (χ1n) is 12.3. The molecule has 0 aromatic heterocycles. The molecule has 4 rings (SSSR count). The summed E-state index contributed by atoms with van der Waals surface area (Å²) in [6.07, 6.45) is 6.73. The van der Waals surface area contributed by atoms with Crippen LogP contribution in [-0.2, 0) is 23.1 Å². The van der Waals surface area contributed by atoms with E-state index >= 15 is 0 Å².